The summed E-state index contributed by atoms with van der Waals surface area (Å²) in [4.78, 5) is 0.733. The van der Waals surface area contributed by atoms with Crippen LogP contribution in [0.5, 0.6) is 0 Å². The van der Waals surface area contributed by atoms with E-state index in [-0.39, 0.29) is 0 Å². The summed E-state index contributed by atoms with van der Waals surface area (Å²) >= 11 is 1.46. The Bertz CT molecular complexity index is 656. The van der Waals surface area contributed by atoms with E-state index >= 15 is 0 Å². The highest BCUT2D eigenvalue weighted by atomic mass is 32.2. The van der Waals surface area contributed by atoms with Crippen LogP contribution in [-0.2, 0) is 6.18 Å². The first kappa shape index (κ1) is 14.5. The first-order valence-corrected chi connectivity index (χ1v) is 6.74. The molecule has 0 amide bonds. The van der Waals surface area contributed by atoms with Gasteiger partial charge in [0.15, 0.2) is 0 Å². The van der Waals surface area contributed by atoms with Crippen LogP contribution in [0, 0.1) is 11.3 Å². The average molecular weight is 297 g/mol. The third-order valence-corrected chi connectivity index (χ3v) is 3.51. The number of halogens is 3. The van der Waals surface area contributed by atoms with Crippen LogP contribution in [0.15, 0.2) is 35.5 Å². The van der Waals surface area contributed by atoms with Crippen LogP contribution < -0.4 is 0 Å². The van der Waals surface area contributed by atoms with Crippen molar-refractivity contribution >= 4 is 11.8 Å². The molecule has 0 aliphatic carbocycles. The molecule has 3 nitrogen and oxygen atoms in total. The van der Waals surface area contributed by atoms with Gasteiger partial charge >= 0.3 is 6.18 Å². The lowest BCUT2D eigenvalue weighted by molar-refractivity contribution is -0.137. The van der Waals surface area contributed by atoms with Crippen molar-refractivity contribution in [3.63, 3.8) is 0 Å². The van der Waals surface area contributed by atoms with Gasteiger partial charge < -0.3 is 0 Å². The first-order valence-electron chi connectivity index (χ1n) is 5.75. The zero-order valence-corrected chi connectivity index (χ0v) is 11.3. The molecule has 0 aliphatic heterocycles. The van der Waals surface area contributed by atoms with Gasteiger partial charge in [0, 0.05) is 11.1 Å². The molecule has 0 saturated carbocycles. The van der Waals surface area contributed by atoms with Crippen LogP contribution in [0.4, 0.5) is 13.2 Å². The minimum atomic E-state index is -4.44. The van der Waals surface area contributed by atoms with E-state index in [0.29, 0.717) is 11.3 Å². The highest BCUT2D eigenvalue weighted by molar-refractivity contribution is 7.99. The van der Waals surface area contributed by atoms with Crippen molar-refractivity contribution in [1.82, 2.24) is 9.78 Å². The monoisotopic (exact) mass is 297 g/mol. The van der Waals surface area contributed by atoms with Crippen molar-refractivity contribution in [1.29, 1.82) is 5.26 Å². The molecule has 0 fully saturated rings. The van der Waals surface area contributed by atoms with Gasteiger partial charge in [0.1, 0.15) is 6.07 Å². The number of nitrogens with zero attached hydrogens (tertiary/aromatic N) is 3. The molecule has 0 bridgehead atoms. The zero-order chi connectivity index (χ0) is 14.8. The van der Waals surface area contributed by atoms with Gasteiger partial charge in [-0.1, -0.05) is 13.0 Å². The normalized spacial score (nSPS) is 11.3. The lowest BCUT2D eigenvalue weighted by atomic mass is 10.2. The summed E-state index contributed by atoms with van der Waals surface area (Å²) in [6.07, 6.45) is -2.81. The van der Waals surface area contributed by atoms with Crippen LogP contribution in [0.2, 0.25) is 0 Å². The Kier molecular flexibility index (Phi) is 4.04. The van der Waals surface area contributed by atoms with Crippen molar-refractivity contribution in [3.8, 4) is 11.8 Å². The molecular weight excluding hydrogens is 287 g/mol. The number of aromatic nitrogens is 2. The van der Waals surface area contributed by atoms with Crippen LogP contribution in [0.25, 0.3) is 5.69 Å². The SMILES string of the molecule is CCSc1cccc(-n2cc(C(F)(F)F)cn2)c1C#N. The topological polar surface area (TPSA) is 41.6 Å². The van der Waals surface area contributed by atoms with Crippen molar-refractivity contribution in [3.05, 3.63) is 41.7 Å². The van der Waals surface area contributed by atoms with Crippen molar-refractivity contribution in [2.45, 2.75) is 18.0 Å². The summed E-state index contributed by atoms with van der Waals surface area (Å²) in [5, 5.41) is 12.9. The Morgan fingerprint density at radius 1 is 1.40 bits per heavy atom. The Morgan fingerprint density at radius 2 is 2.15 bits per heavy atom. The van der Waals surface area contributed by atoms with Gasteiger partial charge in [-0.3, -0.25) is 0 Å². The Morgan fingerprint density at radius 3 is 2.70 bits per heavy atom. The maximum Gasteiger partial charge on any atom is 0.419 e. The molecule has 1 aromatic heterocycles. The second kappa shape index (κ2) is 5.59. The molecule has 104 valence electrons. The van der Waals surface area contributed by atoms with Crippen LogP contribution in [0.3, 0.4) is 0 Å². The molecule has 1 heterocycles. The second-order valence-electron chi connectivity index (χ2n) is 3.87. The van der Waals surface area contributed by atoms with Gasteiger partial charge in [0.2, 0.25) is 0 Å². The van der Waals surface area contributed by atoms with E-state index in [0.717, 1.165) is 27.7 Å². The number of hydrogen-bond donors (Lipinski definition) is 0. The lowest BCUT2D eigenvalue weighted by Gasteiger charge is -2.08. The smallest absolute Gasteiger partial charge is 0.239 e. The van der Waals surface area contributed by atoms with Crippen LogP contribution in [-0.4, -0.2) is 15.5 Å². The number of alkyl halides is 3. The molecule has 0 unspecified atom stereocenters. The van der Waals surface area contributed by atoms with E-state index in [1.54, 1.807) is 18.2 Å². The minimum absolute atomic E-state index is 0.330. The third-order valence-electron chi connectivity index (χ3n) is 2.57. The van der Waals surface area contributed by atoms with E-state index in [1.807, 2.05) is 13.0 Å². The molecule has 0 atom stereocenters. The summed E-state index contributed by atoms with van der Waals surface area (Å²) in [5.41, 5.74) is -0.160. The number of thioether (sulfide) groups is 1. The third kappa shape index (κ3) is 2.80. The molecule has 0 spiro atoms. The largest absolute Gasteiger partial charge is 0.419 e. The van der Waals surface area contributed by atoms with Crippen molar-refractivity contribution < 1.29 is 13.2 Å². The van der Waals surface area contributed by atoms with E-state index in [2.05, 4.69) is 5.10 Å². The summed E-state index contributed by atoms with van der Waals surface area (Å²) < 4.78 is 38.8. The Balaban J connectivity index is 2.51. The number of benzene rings is 1. The average Bonchev–Trinajstić information content (AvgIpc) is 2.88. The second-order valence-corrected chi connectivity index (χ2v) is 5.17. The molecule has 0 N–H and O–H groups in total. The van der Waals surface area contributed by atoms with Gasteiger partial charge in [0.25, 0.3) is 0 Å². The van der Waals surface area contributed by atoms with Gasteiger partial charge in [-0.15, -0.1) is 11.8 Å². The summed E-state index contributed by atoms with van der Waals surface area (Å²) in [7, 11) is 0. The van der Waals surface area contributed by atoms with Crippen molar-refractivity contribution in [2.75, 3.05) is 5.75 Å². The van der Waals surface area contributed by atoms with Gasteiger partial charge in [-0.2, -0.15) is 23.5 Å². The van der Waals surface area contributed by atoms with Gasteiger partial charge in [-0.05, 0) is 17.9 Å². The predicted octanol–water partition coefficient (Wildman–Crippen LogP) is 3.87. The number of hydrogen-bond acceptors (Lipinski definition) is 3. The molecule has 0 aliphatic rings. The van der Waals surface area contributed by atoms with Crippen LogP contribution >= 0.6 is 11.8 Å². The molecule has 7 heteroatoms. The Labute approximate surface area is 118 Å². The van der Waals surface area contributed by atoms with E-state index < -0.39 is 11.7 Å². The zero-order valence-electron chi connectivity index (χ0n) is 10.5. The molecule has 20 heavy (non-hydrogen) atoms. The number of rotatable bonds is 3. The van der Waals surface area contributed by atoms with Gasteiger partial charge in [0.05, 0.1) is 23.0 Å². The fourth-order valence-electron chi connectivity index (χ4n) is 1.70. The summed E-state index contributed by atoms with van der Waals surface area (Å²) in [6, 6.07) is 7.07. The quantitative estimate of drug-likeness (QED) is 0.807. The fourth-order valence-corrected chi connectivity index (χ4v) is 2.48. The molecule has 2 aromatic rings. The maximum absolute atomic E-state index is 12.6. The van der Waals surface area contributed by atoms with Crippen molar-refractivity contribution in [2.24, 2.45) is 0 Å². The molecular formula is C13H10F3N3S. The van der Waals surface area contributed by atoms with Crippen LogP contribution in [0.1, 0.15) is 18.1 Å². The predicted molar refractivity (Wildman–Crippen MR) is 69.7 cm³/mol. The molecule has 2 rings (SSSR count). The molecule has 1 aromatic carbocycles. The van der Waals surface area contributed by atoms with E-state index in [9.17, 15) is 18.4 Å². The summed E-state index contributed by atoms with van der Waals surface area (Å²) in [6.45, 7) is 1.94. The highest BCUT2D eigenvalue weighted by Gasteiger charge is 2.32. The van der Waals surface area contributed by atoms with Gasteiger partial charge in [-0.25, -0.2) is 4.68 Å². The van der Waals surface area contributed by atoms with E-state index in [1.165, 1.54) is 11.8 Å². The molecule has 0 radical (unpaired) electrons. The standard InChI is InChI=1S/C13H10F3N3S/c1-2-20-12-5-3-4-11(10(12)6-17)19-8-9(7-18-19)13(14,15)16/h3-5,7-8H,2H2,1H3. The first-order chi connectivity index (χ1) is 9.47. The molecule has 0 saturated heterocycles. The number of nitriles is 1. The van der Waals surface area contributed by atoms with E-state index in [4.69, 9.17) is 0 Å². The lowest BCUT2D eigenvalue weighted by Crippen LogP contribution is -2.03. The fraction of sp³-hybridized carbons (Fsp3) is 0.231. The minimum Gasteiger partial charge on any atom is -0.239 e. The Hall–Kier alpha value is -1.94. The maximum atomic E-state index is 12.6. The highest BCUT2D eigenvalue weighted by Crippen LogP contribution is 2.31. The summed E-state index contributed by atoms with van der Waals surface area (Å²) in [5.74, 6) is 0.769.